The summed E-state index contributed by atoms with van der Waals surface area (Å²) in [6.45, 7) is 5.05. The van der Waals surface area contributed by atoms with E-state index in [9.17, 15) is 9.59 Å². The molecule has 4 rings (SSSR count). The largest absolute Gasteiger partial charge is 0.378 e. The maximum atomic E-state index is 13.4. The molecule has 2 atom stereocenters. The van der Waals surface area contributed by atoms with Crippen LogP contribution in [0.15, 0.2) is 54.6 Å². The summed E-state index contributed by atoms with van der Waals surface area (Å²) in [6.07, 6.45) is 1.98. The van der Waals surface area contributed by atoms with Crippen LogP contribution in [0.2, 0.25) is 0 Å². The van der Waals surface area contributed by atoms with Crippen LogP contribution in [0.25, 0.3) is 0 Å². The molecule has 2 fully saturated rings. The van der Waals surface area contributed by atoms with E-state index in [2.05, 4.69) is 31.2 Å². The molecule has 0 aliphatic carbocycles. The second-order valence-corrected chi connectivity index (χ2v) is 8.35. The zero-order chi connectivity index (χ0) is 20.9. The van der Waals surface area contributed by atoms with Gasteiger partial charge in [0.15, 0.2) is 0 Å². The van der Waals surface area contributed by atoms with Gasteiger partial charge >= 0.3 is 0 Å². The first-order valence-electron chi connectivity index (χ1n) is 10.9. The van der Waals surface area contributed by atoms with Crippen LogP contribution in [0.1, 0.15) is 35.6 Å². The molecule has 0 N–H and O–H groups in total. The third-order valence-corrected chi connectivity index (χ3v) is 6.20. The Labute approximate surface area is 178 Å². The molecule has 158 valence electrons. The van der Waals surface area contributed by atoms with E-state index in [0.717, 1.165) is 24.0 Å². The molecule has 0 radical (unpaired) electrons. The Morgan fingerprint density at radius 1 is 1.00 bits per heavy atom. The number of nitrogens with zero attached hydrogens (tertiary/aromatic N) is 2. The van der Waals surface area contributed by atoms with Crippen LogP contribution in [0.4, 0.5) is 0 Å². The summed E-state index contributed by atoms with van der Waals surface area (Å²) in [5, 5.41) is 0. The Bertz CT molecular complexity index is 877. The summed E-state index contributed by atoms with van der Waals surface area (Å²) in [5.41, 5.74) is 3.36. The molecular formula is C25H30N2O3. The van der Waals surface area contributed by atoms with Crippen LogP contribution in [-0.2, 0) is 20.7 Å². The number of likely N-dealkylation sites (tertiary alicyclic amines) is 1. The highest BCUT2D eigenvalue weighted by molar-refractivity contribution is 5.83. The molecule has 2 aromatic rings. The zero-order valence-electron chi connectivity index (χ0n) is 17.6. The first kappa shape index (κ1) is 20.6. The maximum Gasteiger partial charge on any atom is 0.227 e. The Kier molecular flexibility index (Phi) is 6.48. The first-order valence-corrected chi connectivity index (χ1v) is 10.9. The Morgan fingerprint density at radius 2 is 1.77 bits per heavy atom. The van der Waals surface area contributed by atoms with E-state index in [1.165, 1.54) is 5.56 Å². The normalized spacial score (nSPS) is 22.0. The molecule has 5 nitrogen and oxygen atoms in total. The fraction of sp³-hybridized carbons (Fsp3) is 0.440. The molecular weight excluding hydrogens is 376 g/mol. The van der Waals surface area contributed by atoms with Gasteiger partial charge in [0.25, 0.3) is 0 Å². The first-order chi connectivity index (χ1) is 14.6. The smallest absolute Gasteiger partial charge is 0.227 e. The van der Waals surface area contributed by atoms with Crippen molar-refractivity contribution in [1.29, 1.82) is 0 Å². The average molecular weight is 407 g/mol. The van der Waals surface area contributed by atoms with Crippen molar-refractivity contribution < 1.29 is 14.3 Å². The quantitative estimate of drug-likeness (QED) is 0.782. The average Bonchev–Trinajstić information content (AvgIpc) is 2.79. The van der Waals surface area contributed by atoms with Crippen molar-refractivity contribution in [2.45, 2.75) is 32.2 Å². The molecule has 0 aromatic heterocycles. The van der Waals surface area contributed by atoms with Gasteiger partial charge in [-0.3, -0.25) is 9.59 Å². The van der Waals surface area contributed by atoms with Gasteiger partial charge in [0.1, 0.15) is 0 Å². The monoisotopic (exact) mass is 406 g/mol. The fourth-order valence-corrected chi connectivity index (χ4v) is 4.59. The number of amides is 2. The van der Waals surface area contributed by atoms with Crippen molar-refractivity contribution in [2.24, 2.45) is 5.92 Å². The van der Waals surface area contributed by atoms with Gasteiger partial charge in [-0.1, -0.05) is 60.2 Å². The van der Waals surface area contributed by atoms with Crippen molar-refractivity contribution >= 4 is 11.8 Å². The molecule has 2 amide bonds. The number of rotatable bonds is 4. The lowest BCUT2D eigenvalue weighted by molar-refractivity contribution is -0.145. The van der Waals surface area contributed by atoms with Gasteiger partial charge in [0, 0.05) is 19.6 Å². The van der Waals surface area contributed by atoms with Gasteiger partial charge in [0.05, 0.1) is 31.6 Å². The van der Waals surface area contributed by atoms with Gasteiger partial charge in [-0.05, 0) is 30.9 Å². The Morgan fingerprint density at radius 3 is 2.50 bits per heavy atom. The number of piperidine rings is 1. The summed E-state index contributed by atoms with van der Waals surface area (Å²) in [5.74, 6) is 0.120. The van der Waals surface area contributed by atoms with Crippen LogP contribution < -0.4 is 0 Å². The number of ether oxygens (including phenoxy) is 1. The van der Waals surface area contributed by atoms with E-state index in [1.807, 2.05) is 40.1 Å². The summed E-state index contributed by atoms with van der Waals surface area (Å²) >= 11 is 0. The van der Waals surface area contributed by atoms with E-state index >= 15 is 0 Å². The maximum absolute atomic E-state index is 13.4. The Hall–Kier alpha value is -2.66. The summed E-state index contributed by atoms with van der Waals surface area (Å²) in [6, 6.07) is 18.3. The van der Waals surface area contributed by atoms with E-state index in [0.29, 0.717) is 39.3 Å². The zero-order valence-corrected chi connectivity index (χ0v) is 17.6. The lowest BCUT2D eigenvalue weighted by atomic mass is 9.87. The molecule has 2 heterocycles. The summed E-state index contributed by atoms with van der Waals surface area (Å²) < 4.78 is 5.39. The van der Waals surface area contributed by atoms with Crippen LogP contribution in [0, 0.1) is 12.8 Å². The number of carbonyl (C=O) groups is 2. The second-order valence-electron chi connectivity index (χ2n) is 8.35. The number of morpholine rings is 1. The van der Waals surface area contributed by atoms with Crippen LogP contribution in [0.5, 0.6) is 0 Å². The number of carbonyl (C=O) groups excluding carboxylic acids is 2. The van der Waals surface area contributed by atoms with Crippen LogP contribution >= 0.6 is 0 Å². The molecule has 2 aliphatic heterocycles. The predicted octanol–water partition coefficient (Wildman–Crippen LogP) is 3.38. The van der Waals surface area contributed by atoms with Crippen molar-refractivity contribution in [3.63, 3.8) is 0 Å². The van der Waals surface area contributed by atoms with Crippen LogP contribution in [0.3, 0.4) is 0 Å². The van der Waals surface area contributed by atoms with Gasteiger partial charge in [-0.25, -0.2) is 0 Å². The third kappa shape index (κ3) is 4.73. The van der Waals surface area contributed by atoms with Crippen molar-refractivity contribution in [3.05, 3.63) is 71.3 Å². The van der Waals surface area contributed by atoms with Crippen molar-refractivity contribution in [3.8, 4) is 0 Å². The highest BCUT2D eigenvalue weighted by Crippen LogP contribution is 2.35. The second kappa shape index (κ2) is 9.43. The molecule has 0 bridgehead atoms. The molecule has 2 saturated heterocycles. The van der Waals surface area contributed by atoms with E-state index in [4.69, 9.17) is 4.74 Å². The molecule has 0 spiro atoms. The van der Waals surface area contributed by atoms with E-state index in [-0.39, 0.29) is 23.8 Å². The van der Waals surface area contributed by atoms with E-state index in [1.54, 1.807) is 0 Å². The van der Waals surface area contributed by atoms with Gasteiger partial charge < -0.3 is 14.5 Å². The number of aryl methyl sites for hydroxylation is 1. The third-order valence-electron chi connectivity index (χ3n) is 6.20. The van der Waals surface area contributed by atoms with Gasteiger partial charge in [0.2, 0.25) is 11.8 Å². The SMILES string of the molecule is Cc1cccc([C@@H]2CC[C@H](C(=O)N3CCOCC3)CN2C(=O)Cc2ccccc2)c1. The molecule has 0 unspecified atom stereocenters. The van der Waals surface area contributed by atoms with Crippen LogP contribution in [-0.4, -0.2) is 54.5 Å². The van der Waals surface area contributed by atoms with Gasteiger partial charge in [-0.2, -0.15) is 0 Å². The molecule has 5 heteroatoms. The fourth-order valence-electron chi connectivity index (χ4n) is 4.59. The van der Waals surface area contributed by atoms with Gasteiger partial charge in [-0.15, -0.1) is 0 Å². The molecule has 2 aliphatic rings. The predicted molar refractivity (Wildman–Crippen MR) is 116 cm³/mol. The summed E-state index contributed by atoms with van der Waals surface area (Å²) in [4.78, 5) is 30.3. The standard InChI is InChI=1S/C25H30N2O3/c1-19-6-5-9-21(16-19)23-11-10-22(25(29)26-12-14-30-15-13-26)18-27(23)24(28)17-20-7-3-2-4-8-20/h2-9,16,22-23H,10-15,17-18H2,1H3/t22-,23-/m0/s1. The van der Waals surface area contributed by atoms with Crippen molar-refractivity contribution in [1.82, 2.24) is 9.80 Å². The minimum absolute atomic E-state index is 0.0230. The highest BCUT2D eigenvalue weighted by atomic mass is 16.5. The minimum Gasteiger partial charge on any atom is -0.378 e. The summed E-state index contributed by atoms with van der Waals surface area (Å²) in [7, 11) is 0. The Balaban J connectivity index is 1.55. The lowest BCUT2D eigenvalue weighted by Crippen LogP contribution is -2.50. The van der Waals surface area contributed by atoms with E-state index < -0.39 is 0 Å². The minimum atomic E-state index is -0.135. The molecule has 0 saturated carbocycles. The highest BCUT2D eigenvalue weighted by Gasteiger charge is 2.37. The van der Waals surface area contributed by atoms with Crippen molar-refractivity contribution in [2.75, 3.05) is 32.8 Å². The molecule has 2 aromatic carbocycles. The number of hydrogen-bond acceptors (Lipinski definition) is 3. The lowest BCUT2D eigenvalue weighted by Gasteiger charge is -2.41. The number of benzene rings is 2. The topological polar surface area (TPSA) is 49.9 Å². The molecule has 30 heavy (non-hydrogen) atoms. The number of hydrogen-bond donors (Lipinski definition) is 0.